The predicted octanol–water partition coefficient (Wildman–Crippen LogP) is 3.49. The molecule has 0 saturated heterocycles. The number of hydrogen-bond donors (Lipinski definition) is 2. The normalized spacial score (nSPS) is 11.1. The Kier molecular flexibility index (Phi) is 8.23. The molecule has 0 saturated carbocycles. The summed E-state index contributed by atoms with van der Waals surface area (Å²) < 4.78 is 2.15. The van der Waals surface area contributed by atoms with E-state index in [9.17, 15) is 0 Å². The number of guanidine groups is 1. The van der Waals surface area contributed by atoms with Crippen LogP contribution in [0, 0.1) is 13.8 Å². The molecule has 1 aromatic carbocycles. The van der Waals surface area contributed by atoms with Crippen LogP contribution in [0.5, 0.6) is 0 Å². The fraction of sp³-hybridized carbons (Fsp3) is 0.316. The number of halogens is 1. The average molecular weight is 496 g/mol. The molecule has 0 aliphatic carbocycles. The quantitative estimate of drug-likeness (QED) is 0.312. The summed E-state index contributed by atoms with van der Waals surface area (Å²) >= 11 is 1.71. The van der Waals surface area contributed by atoms with E-state index in [1.807, 2.05) is 32.3 Å². The first-order chi connectivity index (χ1) is 12.7. The third-order valence-electron chi connectivity index (χ3n) is 4.05. The Hall–Kier alpha value is -1.94. The SMILES string of the molecule is CN=C(NCc1sc(C)nc1C)NCc1nccn1Cc1ccccc1.I. The summed E-state index contributed by atoms with van der Waals surface area (Å²) in [6.45, 7) is 6.21. The number of benzene rings is 1. The van der Waals surface area contributed by atoms with Gasteiger partial charge in [-0.15, -0.1) is 35.3 Å². The van der Waals surface area contributed by atoms with Crippen LogP contribution in [0.25, 0.3) is 0 Å². The zero-order valence-electron chi connectivity index (χ0n) is 15.8. The van der Waals surface area contributed by atoms with E-state index in [1.54, 1.807) is 18.4 Å². The third-order valence-corrected chi connectivity index (χ3v) is 5.12. The first-order valence-corrected chi connectivity index (χ1v) is 9.38. The molecular formula is C19H25IN6S. The van der Waals surface area contributed by atoms with Gasteiger partial charge in [-0.1, -0.05) is 30.3 Å². The van der Waals surface area contributed by atoms with Crippen molar-refractivity contribution >= 4 is 41.3 Å². The van der Waals surface area contributed by atoms with Crippen LogP contribution in [-0.4, -0.2) is 27.5 Å². The van der Waals surface area contributed by atoms with Crippen molar-refractivity contribution < 1.29 is 0 Å². The molecular weight excluding hydrogens is 471 g/mol. The molecule has 0 radical (unpaired) electrons. The van der Waals surface area contributed by atoms with Gasteiger partial charge in [0, 0.05) is 30.9 Å². The van der Waals surface area contributed by atoms with Gasteiger partial charge in [0.25, 0.3) is 0 Å². The minimum atomic E-state index is 0. The largest absolute Gasteiger partial charge is 0.351 e. The van der Waals surface area contributed by atoms with Gasteiger partial charge in [-0.2, -0.15) is 0 Å². The Morgan fingerprint density at radius 1 is 1.15 bits per heavy atom. The van der Waals surface area contributed by atoms with E-state index in [-0.39, 0.29) is 24.0 Å². The standard InChI is InChI=1S/C19H24N6S.HI/c1-14-17(26-15(2)24-14)11-22-19(20-3)23-12-18-21-9-10-25(18)13-16-7-5-4-6-8-16;/h4-10H,11-13H2,1-3H3,(H2,20,22,23);1H. The number of imidazole rings is 1. The number of hydrogen-bond acceptors (Lipinski definition) is 4. The molecule has 3 rings (SSSR count). The van der Waals surface area contributed by atoms with E-state index in [0.717, 1.165) is 35.6 Å². The maximum atomic E-state index is 4.46. The van der Waals surface area contributed by atoms with Gasteiger partial charge in [-0.25, -0.2) is 9.97 Å². The summed E-state index contributed by atoms with van der Waals surface area (Å²) in [7, 11) is 1.77. The van der Waals surface area contributed by atoms with E-state index in [0.29, 0.717) is 6.54 Å². The Morgan fingerprint density at radius 3 is 2.56 bits per heavy atom. The van der Waals surface area contributed by atoms with Crippen molar-refractivity contribution in [3.63, 3.8) is 0 Å². The molecule has 0 atom stereocenters. The molecule has 2 heterocycles. The van der Waals surface area contributed by atoms with Crippen molar-refractivity contribution in [2.75, 3.05) is 7.05 Å². The Morgan fingerprint density at radius 2 is 1.89 bits per heavy atom. The van der Waals surface area contributed by atoms with Crippen LogP contribution in [0.1, 0.15) is 27.0 Å². The highest BCUT2D eigenvalue weighted by molar-refractivity contribution is 14.0. The highest BCUT2D eigenvalue weighted by Gasteiger charge is 2.08. The lowest BCUT2D eigenvalue weighted by Crippen LogP contribution is -2.37. The highest BCUT2D eigenvalue weighted by atomic mass is 127. The highest BCUT2D eigenvalue weighted by Crippen LogP contribution is 2.16. The summed E-state index contributed by atoms with van der Waals surface area (Å²) in [4.78, 5) is 14.4. The zero-order valence-corrected chi connectivity index (χ0v) is 18.9. The molecule has 2 aromatic heterocycles. The van der Waals surface area contributed by atoms with Gasteiger partial charge in [0.05, 0.1) is 23.8 Å². The molecule has 0 bridgehead atoms. The van der Waals surface area contributed by atoms with Crippen molar-refractivity contribution in [2.45, 2.75) is 33.5 Å². The molecule has 0 aliphatic rings. The van der Waals surface area contributed by atoms with Gasteiger partial charge >= 0.3 is 0 Å². The second-order valence-electron chi connectivity index (χ2n) is 5.98. The van der Waals surface area contributed by atoms with Crippen LogP contribution >= 0.6 is 35.3 Å². The molecule has 8 heteroatoms. The molecule has 2 N–H and O–H groups in total. The van der Waals surface area contributed by atoms with E-state index < -0.39 is 0 Å². The number of nitrogens with zero attached hydrogens (tertiary/aromatic N) is 4. The van der Waals surface area contributed by atoms with Gasteiger partial charge < -0.3 is 15.2 Å². The molecule has 144 valence electrons. The van der Waals surface area contributed by atoms with E-state index >= 15 is 0 Å². The van der Waals surface area contributed by atoms with Gasteiger partial charge in [0.15, 0.2) is 5.96 Å². The van der Waals surface area contributed by atoms with E-state index in [1.165, 1.54) is 10.4 Å². The molecule has 6 nitrogen and oxygen atoms in total. The minimum absolute atomic E-state index is 0. The number of aliphatic imine (C=N–C) groups is 1. The first-order valence-electron chi connectivity index (χ1n) is 8.57. The number of rotatable bonds is 6. The maximum Gasteiger partial charge on any atom is 0.191 e. The monoisotopic (exact) mass is 496 g/mol. The molecule has 3 aromatic rings. The third kappa shape index (κ3) is 6.03. The van der Waals surface area contributed by atoms with Gasteiger partial charge in [0.2, 0.25) is 0 Å². The molecule has 0 fully saturated rings. The fourth-order valence-corrected chi connectivity index (χ4v) is 3.59. The van der Waals surface area contributed by atoms with Crippen LogP contribution < -0.4 is 10.6 Å². The van der Waals surface area contributed by atoms with Crippen LogP contribution in [-0.2, 0) is 19.6 Å². The molecule has 0 unspecified atom stereocenters. The fourth-order valence-electron chi connectivity index (χ4n) is 2.72. The van der Waals surface area contributed by atoms with Crippen molar-refractivity contribution in [1.82, 2.24) is 25.2 Å². The van der Waals surface area contributed by atoms with Crippen molar-refractivity contribution in [3.05, 3.63) is 69.7 Å². The number of thiazole rings is 1. The second-order valence-corrected chi connectivity index (χ2v) is 7.27. The number of aromatic nitrogens is 3. The number of nitrogens with one attached hydrogen (secondary N) is 2. The van der Waals surface area contributed by atoms with Gasteiger partial charge in [-0.05, 0) is 19.4 Å². The van der Waals surface area contributed by atoms with Crippen molar-refractivity contribution in [3.8, 4) is 0 Å². The molecule has 27 heavy (non-hydrogen) atoms. The molecule has 0 aliphatic heterocycles. The maximum absolute atomic E-state index is 4.46. The number of aryl methyl sites for hydroxylation is 2. The Labute approximate surface area is 181 Å². The van der Waals surface area contributed by atoms with E-state index in [2.05, 4.69) is 54.4 Å². The van der Waals surface area contributed by atoms with Crippen molar-refractivity contribution in [1.29, 1.82) is 0 Å². The summed E-state index contributed by atoms with van der Waals surface area (Å²) in [5.41, 5.74) is 2.33. The summed E-state index contributed by atoms with van der Waals surface area (Å²) in [6.07, 6.45) is 3.84. The average Bonchev–Trinajstić information content (AvgIpc) is 3.21. The van der Waals surface area contributed by atoms with Crippen LogP contribution in [0.4, 0.5) is 0 Å². The van der Waals surface area contributed by atoms with Gasteiger partial charge in [-0.3, -0.25) is 4.99 Å². The van der Waals surface area contributed by atoms with Gasteiger partial charge in [0.1, 0.15) is 5.82 Å². The molecule has 0 spiro atoms. The topological polar surface area (TPSA) is 67.1 Å². The predicted molar refractivity (Wildman–Crippen MR) is 122 cm³/mol. The molecule has 0 amide bonds. The van der Waals surface area contributed by atoms with Crippen molar-refractivity contribution in [2.24, 2.45) is 4.99 Å². The lowest BCUT2D eigenvalue weighted by atomic mass is 10.2. The smallest absolute Gasteiger partial charge is 0.191 e. The zero-order chi connectivity index (χ0) is 18.4. The first kappa shape index (κ1) is 21.4. The summed E-state index contributed by atoms with van der Waals surface area (Å²) in [5.74, 6) is 1.73. The lowest BCUT2D eigenvalue weighted by Gasteiger charge is -2.13. The Bertz CT molecular complexity index is 871. The minimum Gasteiger partial charge on any atom is -0.351 e. The summed E-state index contributed by atoms with van der Waals surface area (Å²) in [6, 6.07) is 10.4. The lowest BCUT2D eigenvalue weighted by molar-refractivity contribution is 0.688. The van der Waals surface area contributed by atoms with E-state index in [4.69, 9.17) is 0 Å². The van der Waals surface area contributed by atoms with Crippen LogP contribution in [0.15, 0.2) is 47.7 Å². The Balaban J connectivity index is 0.00000261. The van der Waals surface area contributed by atoms with Crippen LogP contribution in [0.2, 0.25) is 0 Å². The van der Waals surface area contributed by atoms with Crippen LogP contribution in [0.3, 0.4) is 0 Å². The second kappa shape index (κ2) is 10.4. The summed E-state index contributed by atoms with van der Waals surface area (Å²) in [5, 5.41) is 7.77.